The first-order valence-corrected chi connectivity index (χ1v) is 5.75. The van der Waals surface area contributed by atoms with Gasteiger partial charge in [0.1, 0.15) is 0 Å². The van der Waals surface area contributed by atoms with Crippen molar-refractivity contribution in [3.63, 3.8) is 0 Å². The zero-order valence-corrected chi connectivity index (χ0v) is 9.76. The Hall–Kier alpha value is -1.25. The summed E-state index contributed by atoms with van der Waals surface area (Å²) < 4.78 is 35.4. The lowest BCUT2D eigenvalue weighted by molar-refractivity contribution is -0.125. The molecule has 0 fully saturated rings. The van der Waals surface area contributed by atoms with Crippen LogP contribution in [0.2, 0.25) is 0 Å². The van der Waals surface area contributed by atoms with Gasteiger partial charge in [-0.2, -0.15) is 13.2 Å². The minimum Gasteiger partial charge on any atom is -0.171 e. The van der Waals surface area contributed by atoms with E-state index < -0.39 is 12.6 Å². The van der Waals surface area contributed by atoms with Gasteiger partial charge in [0.2, 0.25) is 0 Å². The van der Waals surface area contributed by atoms with E-state index in [0.29, 0.717) is 6.42 Å². The van der Waals surface area contributed by atoms with E-state index in [2.05, 4.69) is 18.7 Å². The van der Waals surface area contributed by atoms with Crippen LogP contribution in [0.15, 0.2) is 48.1 Å². The molecule has 0 amide bonds. The van der Waals surface area contributed by atoms with Gasteiger partial charge >= 0.3 is 6.18 Å². The van der Waals surface area contributed by atoms with E-state index in [1.807, 2.05) is 6.08 Å². The van der Waals surface area contributed by atoms with Crippen molar-refractivity contribution in [2.24, 2.45) is 0 Å². The van der Waals surface area contributed by atoms with E-state index >= 15 is 0 Å². The summed E-state index contributed by atoms with van der Waals surface area (Å²) >= 11 is 0. The Kier molecular flexibility index (Phi) is 5.26. The molecule has 0 saturated heterocycles. The molecule has 0 heterocycles. The summed E-state index contributed by atoms with van der Waals surface area (Å²) in [5, 5.41) is 0. The van der Waals surface area contributed by atoms with Gasteiger partial charge in [-0.05, 0) is 36.8 Å². The molecular formula is C14H17F3. The van der Waals surface area contributed by atoms with Gasteiger partial charge in [-0.15, -0.1) is 0 Å². The summed E-state index contributed by atoms with van der Waals surface area (Å²) in [6.45, 7) is 3.90. The maximum Gasteiger partial charge on any atom is 0.392 e. The Balaban J connectivity index is 2.11. The Bertz CT molecular complexity index is 343. The number of unbranched alkanes of at least 4 members (excludes halogenated alkanes) is 2. The SMILES string of the molecule is C=C1C=CC/C1=C\CCC/C=C\CC(F)(F)F. The molecule has 0 spiro atoms. The van der Waals surface area contributed by atoms with Crippen LogP contribution in [-0.2, 0) is 0 Å². The molecule has 0 nitrogen and oxygen atoms in total. The maximum atomic E-state index is 11.8. The van der Waals surface area contributed by atoms with Crippen LogP contribution < -0.4 is 0 Å². The first-order chi connectivity index (χ1) is 7.99. The van der Waals surface area contributed by atoms with E-state index in [-0.39, 0.29) is 0 Å². The molecule has 0 radical (unpaired) electrons. The lowest BCUT2D eigenvalue weighted by atomic mass is 10.1. The maximum absolute atomic E-state index is 11.8. The van der Waals surface area contributed by atoms with E-state index in [1.54, 1.807) is 6.08 Å². The molecule has 0 aromatic rings. The second kappa shape index (κ2) is 6.48. The molecule has 17 heavy (non-hydrogen) atoms. The van der Waals surface area contributed by atoms with E-state index in [4.69, 9.17) is 0 Å². The Labute approximate surface area is 100 Å². The smallest absolute Gasteiger partial charge is 0.171 e. The van der Waals surface area contributed by atoms with Crippen LogP contribution in [0.1, 0.15) is 32.1 Å². The lowest BCUT2D eigenvalue weighted by Crippen LogP contribution is -2.03. The van der Waals surface area contributed by atoms with Gasteiger partial charge in [-0.25, -0.2) is 0 Å². The van der Waals surface area contributed by atoms with Crippen molar-refractivity contribution in [1.82, 2.24) is 0 Å². The van der Waals surface area contributed by atoms with Gasteiger partial charge in [-0.3, -0.25) is 0 Å². The van der Waals surface area contributed by atoms with Crippen molar-refractivity contribution in [2.45, 2.75) is 38.3 Å². The van der Waals surface area contributed by atoms with Crippen molar-refractivity contribution < 1.29 is 13.2 Å². The van der Waals surface area contributed by atoms with Crippen molar-refractivity contribution in [1.29, 1.82) is 0 Å². The Morgan fingerprint density at radius 2 is 2.00 bits per heavy atom. The summed E-state index contributed by atoms with van der Waals surface area (Å²) in [7, 11) is 0. The van der Waals surface area contributed by atoms with Gasteiger partial charge in [-0.1, -0.05) is 37.0 Å². The van der Waals surface area contributed by atoms with Crippen LogP contribution >= 0.6 is 0 Å². The normalized spacial score (nSPS) is 18.8. The number of allylic oxidation sites excluding steroid dienone is 7. The molecule has 94 valence electrons. The predicted molar refractivity (Wildman–Crippen MR) is 64.6 cm³/mol. The topological polar surface area (TPSA) is 0 Å². The average Bonchev–Trinajstić information content (AvgIpc) is 2.61. The first-order valence-electron chi connectivity index (χ1n) is 5.75. The molecule has 0 aromatic heterocycles. The van der Waals surface area contributed by atoms with Gasteiger partial charge in [0.25, 0.3) is 0 Å². The van der Waals surface area contributed by atoms with Crippen LogP contribution in [-0.4, -0.2) is 6.18 Å². The van der Waals surface area contributed by atoms with Crippen LogP contribution in [0.4, 0.5) is 13.2 Å². The number of hydrogen-bond acceptors (Lipinski definition) is 0. The third-order valence-corrected chi connectivity index (χ3v) is 2.55. The molecule has 0 unspecified atom stereocenters. The summed E-state index contributed by atoms with van der Waals surface area (Å²) in [5.41, 5.74) is 2.29. The fourth-order valence-corrected chi connectivity index (χ4v) is 1.63. The zero-order chi connectivity index (χ0) is 12.7. The molecule has 1 rings (SSSR count). The fraction of sp³-hybridized carbons (Fsp3) is 0.429. The van der Waals surface area contributed by atoms with Crippen molar-refractivity contribution in [2.75, 3.05) is 0 Å². The predicted octanol–water partition coefficient (Wildman–Crippen LogP) is 5.11. The minimum absolute atomic E-state index is 0.694. The monoisotopic (exact) mass is 242 g/mol. The summed E-state index contributed by atoms with van der Waals surface area (Å²) in [4.78, 5) is 0. The number of alkyl halides is 3. The van der Waals surface area contributed by atoms with Gasteiger partial charge < -0.3 is 0 Å². The summed E-state index contributed by atoms with van der Waals surface area (Å²) in [6.07, 6.45) is 7.49. The largest absolute Gasteiger partial charge is 0.392 e. The highest BCUT2D eigenvalue weighted by Gasteiger charge is 2.24. The lowest BCUT2D eigenvalue weighted by Gasteiger charge is -2.00. The minimum atomic E-state index is -4.08. The van der Waals surface area contributed by atoms with E-state index in [0.717, 1.165) is 24.8 Å². The Morgan fingerprint density at radius 1 is 1.24 bits per heavy atom. The van der Waals surface area contributed by atoms with Crippen LogP contribution in [0.25, 0.3) is 0 Å². The highest BCUT2D eigenvalue weighted by atomic mass is 19.4. The van der Waals surface area contributed by atoms with Crippen molar-refractivity contribution >= 4 is 0 Å². The standard InChI is InChI=1S/C14H17F3/c1-12-8-7-10-13(12)9-5-3-2-4-6-11-14(15,16)17/h4,6-9H,1-3,5,10-11H2/b6-4-,13-9+. The zero-order valence-electron chi connectivity index (χ0n) is 9.76. The number of rotatable bonds is 5. The third-order valence-electron chi connectivity index (χ3n) is 2.55. The molecule has 0 aromatic carbocycles. The van der Waals surface area contributed by atoms with Gasteiger partial charge in [0.15, 0.2) is 0 Å². The molecule has 1 aliphatic rings. The van der Waals surface area contributed by atoms with Crippen LogP contribution in [0.5, 0.6) is 0 Å². The van der Waals surface area contributed by atoms with Crippen molar-refractivity contribution in [3.05, 3.63) is 48.1 Å². The Morgan fingerprint density at radius 3 is 2.59 bits per heavy atom. The highest BCUT2D eigenvalue weighted by Crippen LogP contribution is 2.22. The highest BCUT2D eigenvalue weighted by molar-refractivity contribution is 5.44. The van der Waals surface area contributed by atoms with Gasteiger partial charge in [0.05, 0.1) is 6.42 Å². The molecule has 0 bridgehead atoms. The van der Waals surface area contributed by atoms with E-state index in [1.165, 1.54) is 11.6 Å². The quantitative estimate of drug-likeness (QED) is 0.464. The molecule has 3 heteroatoms. The molecule has 1 aliphatic carbocycles. The van der Waals surface area contributed by atoms with Crippen molar-refractivity contribution in [3.8, 4) is 0 Å². The number of halogens is 3. The second-order valence-electron chi connectivity index (χ2n) is 4.08. The van der Waals surface area contributed by atoms with Crippen LogP contribution in [0, 0.1) is 0 Å². The molecular weight excluding hydrogens is 225 g/mol. The second-order valence-corrected chi connectivity index (χ2v) is 4.08. The average molecular weight is 242 g/mol. The molecule has 0 saturated carbocycles. The molecule has 0 N–H and O–H groups in total. The summed E-state index contributed by atoms with van der Waals surface area (Å²) in [5.74, 6) is 0. The van der Waals surface area contributed by atoms with E-state index in [9.17, 15) is 13.2 Å². The number of hydrogen-bond donors (Lipinski definition) is 0. The van der Waals surface area contributed by atoms with Crippen LogP contribution in [0.3, 0.4) is 0 Å². The molecule has 0 aliphatic heterocycles. The summed E-state index contributed by atoms with van der Waals surface area (Å²) in [6, 6.07) is 0. The third kappa shape index (κ3) is 6.15. The fourth-order valence-electron chi connectivity index (χ4n) is 1.63. The van der Waals surface area contributed by atoms with Gasteiger partial charge in [0, 0.05) is 0 Å². The first kappa shape index (κ1) is 13.8. The molecule has 0 atom stereocenters.